The van der Waals surface area contributed by atoms with Gasteiger partial charge in [-0.15, -0.1) is 0 Å². The molecule has 134 valence electrons. The van der Waals surface area contributed by atoms with Crippen LogP contribution < -0.4 is 10.1 Å². The van der Waals surface area contributed by atoms with Gasteiger partial charge in [-0.1, -0.05) is 12.1 Å². The SMILES string of the molecule is COc1ccc(C(C)NC2CCN(CC(=O)N(C)C)CC2)cc1C. The summed E-state index contributed by atoms with van der Waals surface area (Å²) in [6, 6.07) is 7.19. The minimum absolute atomic E-state index is 0.184. The van der Waals surface area contributed by atoms with Crippen molar-refractivity contribution >= 4 is 5.91 Å². The predicted molar refractivity (Wildman–Crippen MR) is 97.4 cm³/mol. The highest BCUT2D eigenvalue weighted by molar-refractivity contribution is 5.77. The lowest BCUT2D eigenvalue weighted by Gasteiger charge is -2.34. The molecule has 0 aliphatic carbocycles. The first-order valence-corrected chi connectivity index (χ1v) is 8.73. The van der Waals surface area contributed by atoms with Crippen LogP contribution in [0.4, 0.5) is 0 Å². The van der Waals surface area contributed by atoms with Crippen LogP contribution >= 0.6 is 0 Å². The second-order valence-corrected chi connectivity index (χ2v) is 6.96. The van der Waals surface area contributed by atoms with E-state index in [1.807, 2.05) is 20.2 Å². The van der Waals surface area contributed by atoms with E-state index in [-0.39, 0.29) is 5.91 Å². The Hall–Kier alpha value is -1.59. The average molecular weight is 333 g/mol. The molecule has 0 bridgehead atoms. The van der Waals surface area contributed by atoms with E-state index < -0.39 is 0 Å². The average Bonchev–Trinajstić information content (AvgIpc) is 2.56. The van der Waals surface area contributed by atoms with Gasteiger partial charge in [0.1, 0.15) is 5.75 Å². The highest BCUT2D eigenvalue weighted by Gasteiger charge is 2.22. The van der Waals surface area contributed by atoms with Crippen LogP contribution in [-0.4, -0.2) is 62.6 Å². The molecule has 0 aromatic heterocycles. The smallest absolute Gasteiger partial charge is 0.236 e. The van der Waals surface area contributed by atoms with Crippen molar-refractivity contribution in [2.24, 2.45) is 0 Å². The summed E-state index contributed by atoms with van der Waals surface area (Å²) in [4.78, 5) is 15.7. The Balaban J connectivity index is 1.83. The molecule has 1 unspecified atom stereocenters. The van der Waals surface area contributed by atoms with Gasteiger partial charge >= 0.3 is 0 Å². The van der Waals surface area contributed by atoms with Gasteiger partial charge in [-0.3, -0.25) is 9.69 Å². The van der Waals surface area contributed by atoms with Gasteiger partial charge in [-0.25, -0.2) is 0 Å². The van der Waals surface area contributed by atoms with Gasteiger partial charge < -0.3 is 15.0 Å². The van der Waals surface area contributed by atoms with E-state index in [1.54, 1.807) is 12.0 Å². The first kappa shape index (κ1) is 18.7. The zero-order chi connectivity index (χ0) is 17.7. The van der Waals surface area contributed by atoms with E-state index in [9.17, 15) is 4.79 Å². The van der Waals surface area contributed by atoms with Gasteiger partial charge in [0, 0.05) is 39.3 Å². The third kappa shape index (κ3) is 4.95. The molecule has 1 heterocycles. The predicted octanol–water partition coefficient (Wildman–Crippen LogP) is 2.21. The van der Waals surface area contributed by atoms with Crippen LogP contribution in [0.2, 0.25) is 0 Å². The maximum Gasteiger partial charge on any atom is 0.236 e. The molecular weight excluding hydrogens is 302 g/mol. The largest absolute Gasteiger partial charge is 0.496 e. The van der Waals surface area contributed by atoms with Crippen LogP contribution in [0.3, 0.4) is 0 Å². The zero-order valence-electron chi connectivity index (χ0n) is 15.6. The number of hydrogen-bond acceptors (Lipinski definition) is 4. The van der Waals surface area contributed by atoms with Crippen molar-refractivity contribution in [3.05, 3.63) is 29.3 Å². The molecule has 0 spiro atoms. The summed E-state index contributed by atoms with van der Waals surface area (Å²) in [7, 11) is 5.34. The molecule has 1 amide bonds. The van der Waals surface area contributed by atoms with Crippen molar-refractivity contribution in [2.75, 3.05) is 40.8 Å². The van der Waals surface area contributed by atoms with Gasteiger partial charge in [0.05, 0.1) is 13.7 Å². The van der Waals surface area contributed by atoms with Crippen molar-refractivity contribution in [1.82, 2.24) is 15.1 Å². The summed E-state index contributed by atoms with van der Waals surface area (Å²) < 4.78 is 5.33. The lowest BCUT2D eigenvalue weighted by atomic mass is 10.0. The molecule has 1 N–H and O–H groups in total. The van der Waals surface area contributed by atoms with E-state index in [0.29, 0.717) is 18.6 Å². The molecule has 1 aliphatic heterocycles. The fourth-order valence-corrected chi connectivity index (χ4v) is 3.21. The van der Waals surface area contributed by atoms with Crippen LogP contribution in [-0.2, 0) is 4.79 Å². The van der Waals surface area contributed by atoms with Crippen molar-refractivity contribution in [3.8, 4) is 5.75 Å². The Morgan fingerprint density at radius 2 is 2.04 bits per heavy atom. The summed E-state index contributed by atoms with van der Waals surface area (Å²) in [5.74, 6) is 1.12. The molecule has 5 nitrogen and oxygen atoms in total. The molecule has 24 heavy (non-hydrogen) atoms. The Morgan fingerprint density at radius 1 is 1.38 bits per heavy atom. The minimum Gasteiger partial charge on any atom is -0.496 e. The Bertz CT molecular complexity index is 552. The number of carbonyl (C=O) groups is 1. The minimum atomic E-state index is 0.184. The molecule has 1 saturated heterocycles. The number of piperidine rings is 1. The van der Waals surface area contributed by atoms with E-state index in [2.05, 4.69) is 36.2 Å². The Kier molecular flexibility index (Phi) is 6.63. The van der Waals surface area contributed by atoms with Crippen LogP contribution in [0.15, 0.2) is 18.2 Å². The van der Waals surface area contributed by atoms with Crippen LogP contribution in [0, 0.1) is 6.92 Å². The number of benzene rings is 1. The fraction of sp³-hybridized carbons (Fsp3) is 0.632. The van der Waals surface area contributed by atoms with Crippen molar-refractivity contribution in [3.63, 3.8) is 0 Å². The summed E-state index contributed by atoms with van der Waals surface area (Å²) in [5, 5.41) is 3.73. The van der Waals surface area contributed by atoms with Gasteiger partial charge in [0.25, 0.3) is 0 Å². The molecule has 0 radical (unpaired) electrons. The Labute approximate surface area is 146 Å². The summed E-state index contributed by atoms with van der Waals surface area (Å²) >= 11 is 0. The highest BCUT2D eigenvalue weighted by atomic mass is 16.5. The molecule has 1 fully saturated rings. The van der Waals surface area contributed by atoms with E-state index in [4.69, 9.17) is 4.74 Å². The fourth-order valence-electron chi connectivity index (χ4n) is 3.21. The molecular formula is C19H31N3O2. The molecule has 0 saturated carbocycles. The number of hydrogen-bond donors (Lipinski definition) is 1. The number of aryl methyl sites for hydroxylation is 1. The second kappa shape index (κ2) is 8.49. The maximum absolute atomic E-state index is 11.8. The van der Waals surface area contributed by atoms with Crippen molar-refractivity contribution in [2.45, 2.75) is 38.8 Å². The van der Waals surface area contributed by atoms with Crippen LogP contribution in [0.25, 0.3) is 0 Å². The van der Waals surface area contributed by atoms with Crippen molar-refractivity contribution < 1.29 is 9.53 Å². The molecule has 5 heteroatoms. The normalized spacial score (nSPS) is 17.5. The van der Waals surface area contributed by atoms with E-state index in [1.165, 1.54) is 11.1 Å². The number of rotatable bonds is 6. The van der Waals surface area contributed by atoms with Crippen LogP contribution in [0.5, 0.6) is 5.75 Å². The summed E-state index contributed by atoms with van der Waals surface area (Å²) in [6.07, 6.45) is 2.17. The standard InChI is InChI=1S/C19H31N3O2/c1-14-12-16(6-7-18(14)24-5)15(2)20-17-8-10-22(11-9-17)13-19(23)21(3)4/h6-7,12,15,17,20H,8-11,13H2,1-5H3. The molecule has 1 aromatic rings. The maximum atomic E-state index is 11.8. The number of carbonyl (C=O) groups excluding carboxylic acids is 1. The first-order valence-electron chi connectivity index (χ1n) is 8.73. The zero-order valence-corrected chi connectivity index (χ0v) is 15.6. The number of nitrogens with zero attached hydrogens (tertiary/aromatic N) is 2. The van der Waals surface area contributed by atoms with Crippen molar-refractivity contribution in [1.29, 1.82) is 0 Å². The topological polar surface area (TPSA) is 44.8 Å². The summed E-state index contributed by atoms with van der Waals surface area (Å²) in [5.41, 5.74) is 2.46. The number of amides is 1. The lowest BCUT2D eigenvalue weighted by Crippen LogP contribution is -2.46. The number of methoxy groups -OCH3 is 1. The van der Waals surface area contributed by atoms with Crippen LogP contribution in [0.1, 0.15) is 36.9 Å². The summed E-state index contributed by atoms with van der Waals surface area (Å²) in [6.45, 7) is 6.78. The second-order valence-electron chi connectivity index (χ2n) is 6.96. The number of likely N-dealkylation sites (tertiary alicyclic amines) is 1. The Morgan fingerprint density at radius 3 is 2.58 bits per heavy atom. The molecule has 1 atom stereocenters. The molecule has 1 aromatic carbocycles. The quantitative estimate of drug-likeness (QED) is 0.867. The number of nitrogens with one attached hydrogen (secondary N) is 1. The van der Waals surface area contributed by atoms with Gasteiger partial charge in [-0.05, 0) is 43.9 Å². The third-order valence-electron chi connectivity index (χ3n) is 4.85. The number of likely N-dealkylation sites (N-methyl/N-ethyl adjacent to an activating group) is 1. The van der Waals surface area contributed by atoms with Gasteiger partial charge in [-0.2, -0.15) is 0 Å². The lowest BCUT2D eigenvalue weighted by molar-refractivity contribution is -0.130. The number of ether oxygens (including phenoxy) is 1. The first-order chi connectivity index (χ1) is 11.4. The molecule has 2 rings (SSSR count). The highest BCUT2D eigenvalue weighted by Crippen LogP contribution is 2.23. The molecule has 1 aliphatic rings. The van der Waals surface area contributed by atoms with Gasteiger partial charge in [0.15, 0.2) is 0 Å². The van der Waals surface area contributed by atoms with E-state index >= 15 is 0 Å². The monoisotopic (exact) mass is 333 g/mol. The van der Waals surface area contributed by atoms with Gasteiger partial charge in [0.2, 0.25) is 5.91 Å². The third-order valence-corrected chi connectivity index (χ3v) is 4.85. The van der Waals surface area contributed by atoms with E-state index in [0.717, 1.165) is 31.7 Å².